The van der Waals surface area contributed by atoms with Crippen LogP contribution in [-0.4, -0.2) is 60.9 Å². The Balaban J connectivity index is 0.00000280. The number of hydrogen-bond donors (Lipinski definition) is 2. The molecule has 2 aliphatic heterocycles. The number of ether oxygens (including phenoxy) is 1. The fourth-order valence-electron chi connectivity index (χ4n) is 3.60. The van der Waals surface area contributed by atoms with Crippen LogP contribution in [0.5, 0.6) is 5.75 Å². The third-order valence-electron chi connectivity index (χ3n) is 5.64. The highest BCUT2D eigenvalue weighted by Crippen LogP contribution is 2.31. The Bertz CT molecular complexity index is 772. The standard InChI is InChI=1S/C19H26N4O4.ClH/c1-18(11-20)8-9-22(12-18)15(24)10-23-16(25)19(2,21-17(23)26)13-4-6-14(27-3)7-5-13;/h4-7H,8-12,20H2,1-3H3,(H,21,26);1H. The molecule has 2 heterocycles. The molecule has 2 saturated heterocycles. The maximum Gasteiger partial charge on any atom is 0.325 e. The second kappa shape index (κ2) is 7.97. The van der Waals surface area contributed by atoms with Gasteiger partial charge in [0.2, 0.25) is 5.91 Å². The van der Waals surface area contributed by atoms with E-state index in [1.807, 2.05) is 6.92 Å². The van der Waals surface area contributed by atoms with Gasteiger partial charge in [-0.2, -0.15) is 0 Å². The van der Waals surface area contributed by atoms with Gasteiger partial charge in [0, 0.05) is 13.1 Å². The van der Waals surface area contributed by atoms with E-state index in [1.54, 1.807) is 43.2 Å². The molecule has 0 saturated carbocycles. The lowest BCUT2D eigenvalue weighted by atomic mass is 9.90. The number of imide groups is 1. The third-order valence-corrected chi connectivity index (χ3v) is 5.64. The van der Waals surface area contributed by atoms with Crippen LogP contribution in [0.25, 0.3) is 0 Å². The second-order valence-corrected chi connectivity index (χ2v) is 7.76. The van der Waals surface area contributed by atoms with Gasteiger partial charge in [-0.3, -0.25) is 14.5 Å². The van der Waals surface area contributed by atoms with Crippen molar-refractivity contribution >= 4 is 30.3 Å². The minimum atomic E-state index is -1.21. The van der Waals surface area contributed by atoms with Crippen molar-refractivity contribution < 1.29 is 19.1 Å². The lowest BCUT2D eigenvalue weighted by Crippen LogP contribution is -2.44. The average Bonchev–Trinajstić information content (AvgIpc) is 3.16. The molecule has 8 nitrogen and oxygen atoms in total. The van der Waals surface area contributed by atoms with Crippen molar-refractivity contribution in [3.05, 3.63) is 29.8 Å². The number of rotatable bonds is 5. The maximum absolute atomic E-state index is 12.9. The van der Waals surface area contributed by atoms with Gasteiger partial charge in [-0.25, -0.2) is 4.79 Å². The molecular formula is C19H27ClN4O4. The number of urea groups is 1. The summed E-state index contributed by atoms with van der Waals surface area (Å²) in [6.07, 6.45) is 0.818. The van der Waals surface area contributed by atoms with Gasteiger partial charge in [-0.1, -0.05) is 19.1 Å². The summed E-state index contributed by atoms with van der Waals surface area (Å²) in [5.74, 6) is -0.0235. The van der Waals surface area contributed by atoms with Crippen molar-refractivity contribution in [1.82, 2.24) is 15.1 Å². The number of nitrogens with two attached hydrogens (primary N) is 1. The predicted molar refractivity (Wildman–Crippen MR) is 106 cm³/mol. The summed E-state index contributed by atoms with van der Waals surface area (Å²) in [4.78, 5) is 40.6. The minimum Gasteiger partial charge on any atom is -0.497 e. The van der Waals surface area contributed by atoms with E-state index in [9.17, 15) is 14.4 Å². The van der Waals surface area contributed by atoms with Crippen LogP contribution in [0.1, 0.15) is 25.8 Å². The van der Waals surface area contributed by atoms with Crippen molar-refractivity contribution in [3.63, 3.8) is 0 Å². The summed E-state index contributed by atoms with van der Waals surface area (Å²) in [6, 6.07) is 6.36. The Morgan fingerprint density at radius 3 is 2.43 bits per heavy atom. The van der Waals surface area contributed by atoms with E-state index < -0.39 is 17.5 Å². The zero-order chi connectivity index (χ0) is 19.8. The number of hydrogen-bond acceptors (Lipinski definition) is 5. The number of nitrogens with one attached hydrogen (secondary N) is 1. The van der Waals surface area contributed by atoms with Crippen LogP contribution in [-0.2, 0) is 15.1 Å². The van der Waals surface area contributed by atoms with Crippen LogP contribution >= 0.6 is 12.4 Å². The van der Waals surface area contributed by atoms with Gasteiger partial charge in [0.05, 0.1) is 7.11 Å². The first-order valence-electron chi connectivity index (χ1n) is 8.99. The maximum atomic E-state index is 12.9. The molecule has 9 heteroatoms. The minimum absolute atomic E-state index is 0. The first kappa shape index (κ1) is 22.0. The van der Waals surface area contributed by atoms with E-state index in [0.29, 0.717) is 30.9 Å². The molecule has 1 aromatic rings. The lowest BCUT2D eigenvalue weighted by Gasteiger charge is -2.24. The topological polar surface area (TPSA) is 105 Å². The Morgan fingerprint density at radius 1 is 1.25 bits per heavy atom. The van der Waals surface area contributed by atoms with E-state index in [2.05, 4.69) is 5.32 Å². The number of amides is 4. The molecule has 0 aliphatic carbocycles. The normalized spacial score (nSPS) is 26.9. The number of halogens is 1. The van der Waals surface area contributed by atoms with Crippen LogP contribution in [0.15, 0.2) is 24.3 Å². The SMILES string of the molecule is COc1ccc(C2(C)NC(=O)N(CC(=O)N3CCC(C)(CN)C3)C2=O)cc1.Cl. The predicted octanol–water partition coefficient (Wildman–Crippen LogP) is 1.08. The molecule has 4 amide bonds. The molecule has 2 fully saturated rings. The summed E-state index contributed by atoms with van der Waals surface area (Å²) in [5.41, 5.74) is 5.10. The van der Waals surface area contributed by atoms with Crippen LogP contribution in [0, 0.1) is 5.41 Å². The van der Waals surface area contributed by atoms with Gasteiger partial charge < -0.3 is 20.7 Å². The number of methoxy groups -OCH3 is 1. The molecule has 3 N–H and O–H groups in total. The molecule has 154 valence electrons. The summed E-state index contributed by atoms with van der Waals surface area (Å²) < 4.78 is 5.13. The fourth-order valence-corrected chi connectivity index (χ4v) is 3.60. The fraction of sp³-hybridized carbons (Fsp3) is 0.526. The largest absolute Gasteiger partial charge is 0.497 e. The highest BCUT2D eigenvalue weighted by atomic mass is 35.5. The number of benzene rings is 1. The van der Waals surface area contributed by atoms with Crippen LogP contribution in [0.3, 0.4) is 0 Å². The molecule has 2 aliphatic rings. The summed E-state index contributed by atoms with van der Waals surface area (Å²) in [7, 11) is 1.56. The molecule has 0 radical (unpaired) electrons. The van der Waals surface area contributed by atoms with Gasteiger partial charge in [0.25, 0.3) is 5.91 Å². The van der Waals surface area contributed by atoms with Crippen LogP contribution in [0.4, 0.5) is 4.79 Å². The van der Waals surface area contributed by atoms with Gasteiger partial charge in [-0.15, -0.1) is 12.4 Å². The van der Waals surface area contributed by atoms with Crippen LogP contribution in [0.2, 0.25) is 0 Å². The molecular weight excluding hydrogens is 384 g/mol. The smallest absolute Gasteiger partial charge is 0.325 e. The molecule has 0 spiro atoms. The second-order valence-electron chi connectivity index (χ2n) is 7.76. The summed E-state index contributed by atoms with van der Waals surface area (Å²) in [6.45, 7) is 5.04. The quantitative estimate of drug-likeness (QED) is 0.707. The van der Waals surface area contributed by atoms with E-state index in [4.69, 9.17) is 10.5 Å². The Kier molecular flexibility index (Phi) is 6.25. The zero-order valence-corrected chi connectivity index (χ0v) is 17.2. The molecule has 2 unspecified atom stereocenters. The van der Waals surface area contributed by atoms with E-state index in [1.165, 1.54) is 0 Å². The Labute approximate surface area is 170 Å². The van der Waals surface area contributed by atoms with Crippen molar-refractivity contribution in [2.75, 3.05) is 33.3 Å². The number of carbonyl (C=O) groups is 3. The highest BCUT2D eigenvalue weighted by molar-refractivity contribution is 6.09. The Morgan fingerprint density at radius 2 is 1.89 bits per heavy atom. The van der Waals surface area contributed by atoms with Crippen molar-refractivity contribution in [3.8, 4) is 5.75 Å². The van der Waals surface area contributed by atoms with Gasteiger partial charge >= 0.3 is 6.03 Å². The first-order chi connectivity index (χ1) is 12.7. The molecule has 0 aromatic heterocycles. The van der Waals surface area contributed by atoms with Gasteiger partial charge in [0.15, 0.2) is 0 Å². The number of likely N-dealkylation sites (tertiary alicyclic amines) is 1. The number of nitrogens with zero attached hydrogens (tertiary/aromatic N) is 2. The van der Waals surface area contributed by atoms with Crippen molar-refractivity contribution in [1.29, 1.82) is 0 Å². The Hall–Kier alpha value is -2.32. The summed E-state index contributed by atoms with van der Waals surface area (Å²) in [5, 5.41) is 2.71. The zero-order valence-electron chi connectivity index (χ0n) is 16.4. The monoisotopic (exact) mass is 410 g/mol. The van der Waals surface area contributed by atoms with Crippen molar-refractivity contribution in [2.45, 2.75) is 25.8 Å². The molecule has 0 bridgehead atoms. The van der Waals surface area contributed by atoms with Crippen LogP contribution < -0.4 is 15.8 Å². The molecule has 3 rings (SSSR count). The van der Waals surface area contributed by atoms with E-state index in [0.717, 1.165) is 11.3 Å². The third kappa shape index (κ3) is 3.79. The summed E-state index contributed by atoms with van der Waals surface area (Å²) >= 11 is 0. The van der Waals surface area contributed by atoms with E-state index in [-0.39, 0.29) is 30.3 Å². The van der Waals surface area contributed by atoms with Gasteiger partial charge in [0.1, 0.15) is 17.8 Å². The molecule has 2 atom stereocenters. The highest BCUT2D eigenvalue weighted by Gasteiger charge is 2.50. The first-order valence-corrected chi connectivity index (χ1v) is 8.99. The van der Waals surface area contributed by atoms with E-state index >= 15 is 0 Å². The van der Waals surface area contributed by atoms with Crippen molar-refractivity contribution in [2.24, 2.45) is 11.1 Å². The van der Waals surface area contributed by atoms with Gasteiger partial charge in [-0.05, 0) is 43.0 Å². The lowest BCUT2D eigenvalue weighted by molar-refractivity contribution is -0.138. The molecule has 1 aromatic carbocycles. The average molecular weight is 411 g/mol. The molecule has 28 heavy (non-hydrogen) atoms. The number of carbonyl (C=O) groups excluding carboxylic acids is 3.